The molecule has 0 bridgehead atoms. The predicted octanol–water partition coefficient (Wildman–Crippen LogP) is 4.51. The maximum Gasteiger partial charge on any atom is 0.189 e. The maximum absolute atomic E-state index is 4.53. The molecule has 0 unspecified atom stereocenters. The summed E-state index contributed by atoms with van der Waals surface area (Å²) in [4.78, 5) is 8.88. The van der Waals surface area contributed by atoms with E-state index in [0.717, 1.165) is 26.5 Å². The molecule has 1 N–H and O–H groups in total. The summed E-state index contributed by atoms with van der Waals surface area (Å²) in [5.41, 5.74) is 2.10. The number of pyridine rings is 1. The maximum atomic E-state index is 4.53. The lowest BCUT2D eigenvalue weighted by Crippen LogP contribution is -1.95. The minimum Gasteiger partial charge on any atom is -0.316 e. The number of para-hydroxylation sites is 1. The molecular formula is C13H10BrN3S. The molecule has 0 atom stereocenters. The van der Waals surface area contributed by atoms with Crippen molar-refractivity contribution in [1.29, 1.82) is 0 Å². The standard InChI is InChI=1S/C13H10BrN3S/c1-8-6-9(14)7-15-12(8)17-13-16-10-4-2-3-5-11(10)18-13/h2-7H,1H3,(H,15,16,17). The van der Waals surface area contributed by atoms with Gasteiger partial charge in [0.25, 0.3) is 0 Å². The normalized spacial score (nSPS) is 10.8. The topological polar surface area (TPSA) is 37.8 Å². The van der Waals surface area contributed by atoms with Crippen LogP contribution < -0.4 is 5.32 Å². The Balaban J connectivity index is 1.96. The molecule has 3 nitrogen and oxygen atoms in total. The zero-order valence-electron chi connectivity index (χ0n) is 9.64. The van der Waals surface area contributed by atoms with Crippen LogP contribution in [-0.4, -0.2) is 9.97 Å². The smallest absolute Gasteiger partial charge is 0.189 e. The van der Waals surface area contributed by atoms with Crippen LogP contribution in [0.3, 0.4) is 0 Å². The average Bonchev–Trinajstić information content (AvgIpc) is 2.75. The van der Waals surface area contributed by atoms with Gasteiger partial charge in [-0.05, 0) is 46.6 Å². The van der Waals surface area contributed by atoms with Crippen molar-refractivity contribution in [2.75, 3.05) is 5.32 Å². The molecule has 18 heavy (non-hydrogen) atoms. The van der Waals surface area contributed by atoms with Gasteiger partial charge in [-0.2, -0.15) is 0 Å². The summed E-state index contributed by atoms with van der Waals surface area (Å²) in [5, 5.41) is 4.13. The number of fused-ring (bicyclic) bond motifs is 1. The second-order valence-corrected chi connectivity index (χ2v) is 5.88. The number of rotatable bonds is 2. The minimum atomic E-state index is 0.845. The quantitative estimate of drug-likeness (QED) is 0.755. The van der Waals surface area contributed by atoms with E-state index in [2.05, 4.69) is 37.3 Å². The van der Waals surface area contributed by atoms with Gasteiger partial charge in [-0.25, -0.2) is 9.97 Å². The van der Waals surface area contributed by atoms with Crippen LogP contribution in [0.2, 0.25) is 0 Å². The van der Waals surface area contributed by atoms with E-state index in [1.807, 2.05) is 31.2 Å². The fraction of sp³-hybridized carbons (Fsp3) is 0.0769. The van der Waals surface area contributed by atoms with Gasteiger partial charge in [-0.15, -0.1) is 0 Å². The van der Waals surface area contributed by atoms with E-state index in [-0.39, 0.29) is 0 Å². The molecule has 0 spiro atoms. The Morgan fingerprint density at radius 3 is 2.89 bits per heavy atom. The number of hydrogen-bond acceptors (Lipinski definition) is 4. The molecule has 0 aliphatic heterocycles. The van der Waals surface area contributed by atoms with E-state index in [0.29, 0.717) is 0 Å². The molecule has 0 fully saturated rings. The van der Waals surface area contributed by atoms with Crippen molar-refractivity contribution >= 4 is 48.4 Å². The summed E-state index contributed by atoms with van der Waals surface area (Å²) in [6, 6.07) is 10.1. The molecule has 3 rings (SSSR count). The van der Waals surface area contributed by atoms with Crippen molar-refractivity contribution in [3.05, 3.63) is 46.6 Å². The first-order valence-electron chi connectivity index (χ1n) is 5.47. The highest BCUT2D eigenvalue weighted by Crippen LogP contribution is 2.28. The monoisotopic (exact) mass is 319 g/mol. The summed E-state index contributed by atoms with van der Waals surface area (Å²) >= 11 is 5.04. The van der Waals surface area contributed by atoms with Crippen LogP contribution in [0, 0.1) is 6.92 Å². The van der Waals surface area contributed by atoms with Crippen LogP contribution in [0.25, 0.3) is 10.2 Å². The van der Waals surface area contributed by atoms with E-state index in [1.165, 1.54) is 4.70 Å². The second-order valence-electron chi connectivity index (χ2n) is 3.93. The lowest BCUT2D eigenvalue weighted by atomic mass is 10.3. The van der Waals surface area contributed by atoms with Crippen molar-refractivity contribution in [3.63, 3.8) is 0 Å². The number of hydrogen-bond donors (Lipinski definition) is 1. The molecule has 2 aromatic heterocycles. The van der Waals surface area contributed by atoms with Crippen molar-refractivity contribution in [3.8, 4) is 0 Å². The summed E-state index contributed by atoms with van der Waals surface area (Å²) in [7, 11) is 0. The third kappa shape index (κ3) is 2.23. The Hall–Kier alpha value is -1.46. The van der Waals surface area contributed by atoms with Crippen molar-refractivity contribution in [2.24, 2.45) is 0 Å². The Morgan fingerprint density at radius 1 is 1.28 bits per heavy atom. The molecule has 5 heteroatoms. The van der Waals surface area contributed by atoms with Crippen LogP contribution in [-0.2, 0) is 0 Å². The summed E-state index contributed by atoms with van der Waals surface area (Å²) in [6.07, 6.45) is 1.78. The molecule has 0 aliphatic carbocycles. The molecule has 3 aromatic rings. The van der Waals surface area contributed by atoms with Crippen LogP contribution in [0.4, 0.5) is 10.9 Å². The SMILES string of the molecule is Cc1cc(Br)cnc1Nc1nc2ccccc2s1. The fourth-order valence-electron chi connectivity index (χ4n) is 1.70. The Bertz CT molecular complexity index is 675. The number of nitrogens with zero attached hydrogens (tertiary/aromatic N) is 2. The van der Waals surface area contributed by atoms with Gasteiger partial charge in [0.2, 0.25) is 0 Å². The molecule has 90 valence electrons. The number of halogens is 1. The highest BCUT2D eigenvalue weighted by atomic mass is 79.9. The van der Waals surface area contributed by atoms with Crippen LogP contribution in [0.15, 0.2) is 41.0 Å². The lowest BCUT2D eigenvalue weighted by molar-refractivity contribution is 1.23. The van der Waals surface area contributed by atoms with Gasteiger partial charge >= 0.3 is 0 Å². The molecule has 0 radical (unpaired) electrons. The minimum absolute atomic E-state index is 0.845. The van der Waals surface area contributed by atoms with Crippen LogP contribution in [0.5, 0.6) is 0 Å². The number of anilines is 2. The van der Waals surface area contributed by atoms with E-state index >= 15 is 0 Å². The predicted molar refractivity (Wildman–Crippen MR) is 79.6 cm³/mol. The summed E-state index contributed by atoms with van der Waals surface area (Å²) < 4.78 is 2.16. The molecule has 0 amide bonds. The van der Waals surface area contributed by atoms with Gasteiger partial charge < -0.3 is 5.32 Å². The Morgan fingerprint density at radius 2 is 2.11 bits per heavy atom. The third-order valence-electron chi connectivity index (χ3n) is 2.56. The number of aromatic nitrogens is 2. The molecule has 0 saturated carbocycles. The molecule has 0 aliphatic rings. The van der Waals surface area contributed by atoms with Gasteiger partial charge in [0.15, 0.2) is 5.13 Å². The first kappa shape index (κ1) is 11.6. The van der Waals surface area contributed by atoms with Gasteiger partial charge in [0, 0.05) is 10.7 Å². The van der Waals surface area contributed by atoms with Crippen molar-refractivity contribution in [1.82, 2.24) is 9.97 Å². The number of nitrogens with one attached hydrogen (secondary N) is 1. The molecule has 2 heterocycles. The van der Waals surface area contributed by atoms with Gasteiger partial charge in [-0.1, -0.05) is 23.5 Å². The largest absolute Gasteiger partial charge is 0.316 e. The highest BCUT2D eigenvalue weighted by molar-refractivity contribution is 9.10. The summed E-state index contributed by atoms with van der Waals surface area (Å²) in [6.45, 7) is 2.02. The van der Waals surface area contributed by atoms with Crippen LogP contribution >= 0.6 is 27.3 Å². The van der Waals surface area contributed by atoms with E-state index in [4.69, 9.17) is 0 Å². The Kier molecular flexibility index (Phi) is 3.01. The van der Waals surface area contributed by atoms with Gasteiger partial charge in [0.05, 0.1) is 10.2 Å². The third-order valence-corrected chi connectivity index (χ3v) is 3.95. The fourth-order valence-corrected chi connectivity index (χ4v) is 3.01. The lowest BCUT2D eigenvalue weighted by Gasteiger charge is -2.05. The van der Waals surface area contributed by atoms with Crippen molar-refractivity contribution in [2.45, 2.75) is 6.92 Å². The zero-order valence-corrected chi connectivity index (χ0v) is 12.0. The van der Waals surface area contributed by atoms with E-state index in [1.54, 1.807) is 17.5 Å². The highest BCUT2D eigenvalue weighted by Gasteiger charge is 2.06. The second kappa shape index (κ2) is 4.66. The first-order valence-corrected chi connectivity index (χ1v) is 7.08. The number of benzene rings is 1. The van der Waals surface area contributed by atoms with Gasteiger partial charge in [-0.3, -0.25) is 0 Å². The van der Waals surface area contributed by atoms with Gasteiger partial charge in [0.1, 0.15) is 5.82 Å². The first-order chi connectivity index (χ1) is 8.72. The van der Waals surface area contributed by atoms with Crippen LogP contribution in [0.1, 0.15) is 5.56 Å². The molecular weight excluding hydrogens is 310 g/mol. The molecule has 0 saturated heterocycles. The van der Waals surface area contributed by atoms with E-state index < -0.39 is 0 Å². The zero-order chi connectivity index (χ0) is 12.5. The van der Waals surface area contributed by atoms with E-state index in [9.17, 15) is 0 Å². The number of thiazole rings is 1. The Labute approximate surface area is 117 Å². The van der Waals surface area contributed by atoms with Crippen molar-refractivity contribution < 1.29 is 0 Å². The number of aryl methyl sites for hydroxylation is 1. The summed E-state index contributed by atoms with van der Waals surface area (Å²) in [5.74, 6) is 0.845. The average molecular weight is 320 g/mol. The molecule has 1 aromatic carbocycles.